The van der Waals surface area contributed by atoms with Crippen molar-refractivity contribution in [2.24, 2.45) is 11.3 Å². The molecule has 4 aliphatic heterocycles. The normalized spacial score (nSPS) is 34.3. The van der Waals surface area contributed by atoms with Gasteiger partial charge in [0.1, 0.15) is 0 Å². The maximum Gasteiger partial charge on any atom is 0.228 e. The summed E-state index contributed by atoms with van der Waals surface area (Å²) in [5, 5.41) is 0. The van der Waals surface area contributed by atoms with Crippen LogP contribution in [0.15, 0.2) is 18.2 Å². The maximum absolute atomic E-state index is 14.5. The molecule has 2 bridgehead atoms. The zero-order chi connectivity index (χ0) is 17.9. The summed E-state index contributed by atoms with van der Waals surface area (Å²) in [6, 6.07) is 4.66. The van der Waals surface area contributed by atoms with Gasteiger partial charge in [-0.1, -0.05) is 32.9 Å². The molecule has 0 aliphatic carbocycles. The lowest BCUT2D eigenvalue weighted by Gasteiger charge is -2.51. The molecular weight excluding hydrogens is 322 g/mol. The smallest absolute Gasteiger partial charge is 0.228 e. The number of fused-ring (bicyclic) bond motifs is 2. The molecule has 4 fully saturated rings. The van der Waals surface area contributed by atoms with Crippen LogP contribution in [-0.2, 0) is 4.79 Å². The van der Waals surface area contributed by atoms with Crippen LogP contribution < -0.4 is 0 Å². The predicted molar refractivity (Wildman–Crippen MR) is 92.1 cm³/mol. The molecule has 4 aliphatic rings. The maximum atomic E-state index is 14.5. The zero-order valence-electron chi connectivity index (χ0n) is 15.1. The molecule has 0 N–H and O–H groups in total. The topological polar surface area (TPSA) is 23.6 Å². The summed E-state index contributed by atoms with van der Waals surface area (Å²) in [7, 11) is 0. The first kappa shape index (κ1) is 17.0. The van der Waals surface area contributed by atoms with Crippen molar-refractivity contribution in [3.8, 4) is 0 Å². The fourth-order valence-corrected chi connectivity index (χ4v) is 5.17. The van der Waals surface area contributed by atoms with Crippen LogP contribution in [0.5, 0.6) is 0 Å². The van der Waals surface area contributed by atoms with Gasteiger partial charge in [-0.2, -0.15) is 0 Å². The lowest BCUT2D eigenvalue weighted by Crippen LogP contribution is -2.61. The molecule has 5 heteroatoms. The summed E-state index contributed by atoms with van der Waals surface area (Å²) in [5.74, 6) is -1.11. The largest absolute Gasteiger partial charge is 0.337 e. The van der Waals surface area contributed by atoms with E-state index < -0.39 is 17.0 Å². The highest BCUT2D eigenvalue weighted by molar-refractivity contribution is 5.82. The molecule has 1 aromatic rings. The van der Waals surface area contributed by atoms with Gasteiger partial charge < -0.3 is 4.90 Å². The second-order valence-corrected chi connectivity index (χ2v) is 8.81. The minimum absolute atomic E-state index is 0.107. The second kappa shape index (κ2) is 5.76. The van der Waals surface area contributed by atoms with E-state index in [0.717, 1.165) is 32.0 Å². The first-order chi connectivity index (χ1) is 11.8. The van der Waals surface area contributed by atoms with Gasteiger partial charge in [0.05, 0.1) is 6.04 Å². The Hall–Kier alpha value is -1.49. The lowest BCUT2D eigenvalue weighted by atomic mass is 9.75. The average molecular weight is 348 g/mol. The van der Waals surface area contributed by atoms with Crippen molar-refractivity contribution in [2.45, 2.75) is 51.6 Å². The number of nitrogens with zero attached hydrogens (tertiary/aromatic N) is 2. The van der Waals surface area contributed by atoms with Crippen molar-refractivity contribution < 1.29 is 13.6 Å². The van der Waals surface area contributed by atoms with Gasteiger partial charge in [0.15, 0.2) is 11.6 Å². The van der Waals surface area contributed by atoms with E-state index in [2.05, 4.69) is 4.90 Å². The van der Waals surface area contributed by atoms with Crippen LogP contribution in [0, 0.1) is 23.0 Å². The van der Waals surface area contributed by atoms with Gasteiger partial charge in [-0.25, -0.2) is 8.78 Å². The molecule has 1 aromatic carbocycles. The SMILES string of the molecule is CC(C)(C)C(=O)N1C[C@@H](c2cccc(F)c2F)[C@@H]2[C@H]1C1CCN2CC1. The average Bonchev–Trinajstić information content (AvgIpc) is 2.99. The van der Waals surface area contributed by atoms with E-state index in [1.165, 1.54) is 0 Å². The molecule has 3 nitrogen and oxygen atoms in total. The van der Waals surface area contributed by atoms with Crippen LogP contribution >= 0.6 is 0 Å². The van der Waals surface area contributed by atoms with Crippen molar-refractivity contribution >= 4 is 5.91 Å². The molecule has 1 amide bonds. The summed E-state index contributed by atoms with van der Waals surface area (Å²) in [6.45, 7) is 8.28. The van der Waals surface area contributed by atoms with Crippen molar-refractivity contribution in [2.75, 3.05) is 19.6 Å². The second-order valence-electron chi connectivity index (χ2n) is 8.81. The Kier molecular flexibility index (Phi) is 3.91. The first-order valence-electron chi connectivity index (χ1n) is 9.28. The number of amides is 1. The van der Waals surface area contributed by atoms with Crippen molar-refractivity contribution in [1.82, 2.24) is 9.80 Å². The lowest BCUT2D eigenvalue weighted by molar-refractivity contribution is -0.144. The third kappa shape index (κ3) is 2.59. The van der Waals surface area contributed by atoms with E-state index in [0.29, 0.717) is 18.0 Å². The summed E-state index contributed by atoms with van der Waals surface area (Å²) >= 11 is 0. The highest BCUT2D eigenvalue weighted by Gasteiger charge is 2.56. The van der Waals surface area contributed by atoms with Gasteiger partial charge in [-0.15, -0.1) is 0 Å². The van der Waals surface area contributed by atoms with E-state index >= 15 is 0 Å². The predicted octanol–water partition coefficient (Wildman–Crippen LogP) is 3.40. The minimum Gasteiger partial charge on any atom is -0.337 e. The van der Waals surface area contributed by atoms with Crippen LogP contribution in [0.1, 0.15) is 45.1 Å². The number of benzene rings is 1. The Bertz CT molecular complexity index is 691. The molecule has 0 spiro atoms. The Morgan fingerprint density at radius 1 is 1.12 bits per heavy atom. The summed E-state index contributed by atoms with van der Waals surface area (Å²) in [6.07, 6.45) is 2.18. The number of rotatable bonds is 1. The molecule has 3 atom stereocenters. The zero-order valence-corrected chi connectivity index (χ0v) is 15.1. The van der Waals surface area contributed by atoms with E-state index in [1.807, 2.05) is 25.7 Å². The molecule has 0 unspecified atom stereocenters. The van der Waals surface area contributed by atoms with Gasteiger partial charge in [0.2, 0.25) is 5.91 Å². The van der Waals surface area contributed by atoms with Gasteiger partial charge >= 0.3 is 0 Å². The molecule has 4 saturated heterocycles. The third-order valence-corrected chi connectivity index (χ3v) is 6.28. The molecule has 0 aromatic heterocycles. The number of likely N-dealkylation sites (tertiary alicyclic amines) is 1. The standard InChI is InChI=1S/C20H26F2N2O/c1-20(2,3)19(25)24-11-14(13-5-4-6-15(21)16(13)22)18-17(24)12-7-9-23(18)10-8-12/h4-6,12,14,17-18H,7-11H2,1-3H3/t14-,17+,18+/m0/s1. The summed E-state index contributed by atoms with van der Waals surface area (Å²) in [4.78, 5) is 17.4. The Morgan fingerprint density at radius 3 is 2.44 bits per heavy atom. The highest BCUT2D eigenvalue weighted by atomic mass is 19.2. The molecule has 5 rings (SSSR count). The monoisotopic (exact) mass is 348 g/mol. The quantitative estimate of drug-likeness (QED) is 0.777. The number of hydrogen-bond donors (Lipinski definition) is 0. The molecule has 0 saturated carbocycles. The fourth-order valence-electron chi connectivity index (χ4n) is 5.17. The number of piperidine rings is 3. The first-order valence-corrected chi connectivity index (χ1v) is 9.28. The molecule has 136 valence electrons. The number of halogens is 2. The van der Waals surface area contributed by atoms with Crippen LogP contribution in [0.4, 0.5) is 8.78 Å². The van der Waals surface area contributed by atoms with E-state index in [4.69, 9.17) is 0 Å². The van der Waals surface area contributed by atoms with Gasteiger partial charge in [-0.05, 0) is 43.5 Å². The van der Waals surface area contributed by atoms with Gasteiger partial charge in [0.25, 0.3) is 0 Å². The fraction of sp³-hybridized carbons (Fsp3) is 0.650. The van der Waals surface area contributed by atoms with Gasteiger partial charge in [0, 0.05) is 23.9 Å². The summed E-state index contributed by atoms with van der Waals surface area (Å²) < 4.78 is 28.3. The van der Waals surface area contributed by atoms with Crippen LogP contribution in [0.2, 0.25) is 0 Å². The number of carbonyl (C=O) groups excluding carboxylic acids is 1. The van der Waals surface area contributed by atoms with Crippen LogP contribution in [-0.4, -0.2) is 47.4 Å². The molecule has 4 heterocycles. The van der Waals surface area contributed by atoms with Gasteiger partial charge in [-0.3, -0.25) is 9.69 Å². The van der Waals surface area contributed by atoms with Crippen molar-refractivity contribution in [3.05, 3.63) is 35.4 Å². The van der Waals surface area contributed by atoms with Crippen LogP contribution in [0.25, 0.3) is 0 Å². The minimum atomic E-state index is -0.800. The van der Waals surface area contributed by atoms with Crippen LogP contribution in [0.3, 0.4) is 0 Å². The van der Waals surface area contributed by atoms with Crippen molar-refractivity contribution in [1.29, 1.82) is 0 Å². The number of carbonyl (C=O) groups is 1. The Labute approximate surface area is 148 Å². The number of hydrogen-bond acceptors (Lipinski definition) is 2. The highest BCUT2D eigenvalue weighted by Crippen LogP contribution is 2.48. The van der Waals surface area contributed by atoms with E-state index in [-0.39, 0.29) is 23.9 Å². The Morgan fingerprint density at radius 2 is 1.80 bits per heavy atom. The van der Waals surface area contributed by atoms with E-state index in [1.54, 1.807) is 12.1 Å². The summed E-state index contributed by atoms with van der Waals surface area (Å²) in [5.41, 5.74) is -0.0434. The molecule has 0 radical (unpaired) electrons. The van der Waals surface area contributed by atoms with Crippen molar-refractivity contribution in [3.63, 3.8) is 0 Å². The molecule has 25 heavy (non-hydrogen) atoms. The molecular formula is C20H26F2N2O. The Balaban J connectivity index is 1.76. The van der Waals surface area contributed by atoms with E-state index in [9.17, 15) is 13.6 Å². The third-order valence-electron chi connectivity index (χ3n) is 6.28.